The predicted molar refractivity (Wildman–Crippen MR) is 116 cm³/mol. The highest BCUT2D eigenvalue weighted by Gasteiger charge is 2.41. The molecule has 7 nitrogen and oxygen atoms in total. The number of carbonyl (C=O) groups is 1. The van der Waals surface area contributed by atoms with Crippen LogP contribution in [0.5, 0.6) is 0 Å². The molecule has 1 aromatic heterocycles. The van der Waals surface area contributed by atoms with Gasteiger partial charge in [0.05, 0.1) is 11.6 Å². The summed E-state index contributed by atoms with van der Waals surface area (Å²) in [5, 5.41) is 4.11. The number of hydrogen-bond acceptors (Lipinski definition) is 6. The Morgan fingerprint density at radius 1 is 1.10 bits per heavy atom. The first-order chi connectivity index (χ1) is 13.1. The Morgan fingerprint density at radius 3 is 2.34 bits per heavy atom. The largest absolute Gasteiger partial charge is 0.339 e. The second-order valence-corrected chi connectivity index (χ2v) is 7.69. The van der Waals surface area contributed by atoms with Crippen LogP contribution in [0.3, 0.4) is 0 Å². The summed E-state index contributed by atoms with van der Waals surface area (Å²) in [6.07, 6.45) is 3.74. The normalized spacial score (nSPS) is 19.9. The van der Waals surface area contributed by atoms with Gasteiger partial charge in [0.25, 0.3) is 0 Å². The summed E-state index contributed by atoms with van der Waals surface area (Å²) in [4.78, 5) is 21.5. The Morgan fingerprint density at radius 2 is 1.72 bits per heavy atom. The monoisotopic (exact) mass is 441 g/mol. The smallest absolute Gasteiger partial charge is 0.244 e. The minimum Gasteiger partial charge on any atom is -0.339 e. The zero-order chi connectivity index (χ0) is 18.9. The molecule has 1 aliphatic carbocycles. The molecule has 2 aliphatic rings. The van der Waals surface area contributed by atoms with Crippen LogP contribution in [-0.2, 0) is 4.79 Å². The highest BCUT2D eigenvalue weighted by molar-refractivity contribution is 5.86. The molecule has 1 saturated heterocycles. The van der Waals surface area contributed by atoms with E-state index in [2.05, 4.69) is 22.0 Å². The number of carbonyl (C=O) groups excluding carboxylic acids is 1. The Kier molecular flexibility index (Phi) is 8.05. The van der Waals surface area contributed by atoms with E-state index < -0.39 is 5.54 Å². The minimum absolute atomic E-state index is 0. The van der Waals surface area contributed by atoms with Crippen LogP contribution >= 0.6 is 24.8 Å². The first-order valence-electron chi connectivity index (χ1n) is 9.78. The summed E-state index contributed by atoms with van der Waals surface area (Å²) in [6.45, 7) is 5.03. The molecule has 29 heavy (non-hydrogen) atoms. The van der Waals surface area contributed by atoms with Gasteiger partial charge >= 0.3 is 0 Å². The SMILES string of the molecule is CC(c1nc(-c2ccccc2)no1)N1CCN(C(=O)C2(N)CCCC2)CC1.Cl.Cl. The lowest BCUT2D eigenvalue weighted by atomic mass is 9.96. The molecule has 1 amide bonds. The van der Waals surface area contributed by atoms with Crippen molar-refractivity contribution in [2.45, 2.75) is 44.2 Å². The fraction of sp³-hybridized carbons (Fsp3) is 0.550. The molecule has 0 bridgehead atoms. The number of nitrogens with two attached hydrogens (primary N) is 1. The van der Waals surface area contributed by atoms with Gasteiger partial charge in [-0.3, -0.25) is 9.69 Å². The standard InChI is InChI=1S/C20H27N5O2.2ClH/c1-15(18-22-17(23-27-18)16-7-3-2-4-8-16)24-11-13-25(14-12-24)19(26)20(21)9-5-6-10-20;;/h2-4,7-8,15H,5-6,9-14,21H2,1H3;2*1H. The molecule has 160 valence electrons. The van der Waals surface area contributed by atoms with Crippen molar-refractivity contribution in [2.24, 2.45) is 5.73 Å². The summed E-state index contributed by atoms with van der Waals surface area (Å²) in [6, 6.07) is 9.83. The van der Waals surface area contributed by atoms with E-state index in [1.165, 1.54) is 0 Å². The van der Waals surface area contributed by atoms with Gasteiger partial charge in [-0.25, -0.2) is 0 Å². The summed E-state index contributed by atoms with van der Waals surface area (Å²) < 4.78 is 5.50. The van der Waals surface area contributed by atoms with Crippen molar-refractivity contribution in [2.75, 3.05) is 26.2 Å². The number of halogens is 2. The van der Waals surface area contributed by atoms with Gasteiger partial charge in [0.2, 0.25) is 17.6 Å². The van der Waals surface area contributed by atoms with Gasteiger partial charge in [0.15, 0.2) is 0 Å². The number of benzene rings is 1. The van der Waals surface area contributed by atoms with Crippen LogP contribution in [0.1, 0.15) is 44.5 Å². The van der Waals surface area contributed by atoms with Gasteiger partial charge in [0, 0.05) is 31.7 Å². The summed E-state index contributed by atoms with van der Waals surface area (Å²) in [5.41, 5.74) is 6.65. The van der Waals surface area contributed by atoms with Crippen LogP contribution in [0.25, 0.3) is 11.4 Å². The lowest BCUT2D eigenvalue weighted by Gasteiger charge is -2.39. The van der Waals surface area contributed by atoms with Crippen LogP contribution in [0, 0.1) is 0 Å². The maximum atomic E-state index is 12.8. The van der Waals surface area contributed by atoms with E-state index in [9.17, 15) is 4.79 Å². The number of rotatable bonds is 4. The van der Waals surface area contributed by atoms with Crippen molar-refractivity contribution < 1.29 is 9.32 Å². The molecule has 1 atom stereocenters. The van der Waals surface area contributed by atoms with Crippen LogP contribution in [0.15, 0.2) is 34.9 Å². The summed E-state index contributed by atoms with van der Waals surface area (Å²) in [5.74, 6) is 1.34. The highest BCUT2D eigenvalue weighted by Crippen LogP contribution is 2.30. The Hall–Kier alpha value is -1.67. The number of hydrogen-bond donors (Lipinski definition) is 1. The van der Waals surface area contributed by atoms with Crippen molar-refractivity contribution in [1.29, 1.82) is 0 Å². The summed E-state index contributed by atoms with van der Waals surface area (Å²) in [7, 11) is 0. The Bertz CT molecular complexity index is 787. The van der Waals surface area contributed by atoms with E-state index in [0.29, 0.717) is 24.8 Å². The van der Waals surface area contributed by atoms with Crippen molar-refractivity contribution in [1.82, 2.24) is 19.9 Å². The Balaban J connectivity index is 0.00000150. The number of amides is 1. The van der Waals surface area contributed by atoms with Gasteiger partial charge in [-0.1, -0.05) is 48.3 Å². The second kappa shape index (κ2) is 9.89. The topological polar surface area (TPSA) is 88.5 Å². The molecule has 4 rings (SSSR count). The summed E-state index contributed by atoms with van der Waals surface area (Å²) >= 11 is 0. The zero-order valence-corrected chi connectivity index (χ0v) is 18.3. The van der Waals surface area contributed by atoms with E-state index >= 15 is 0 Å². The number of piperazine rings is 1. The van der Waals surface area contributed by atoms with Crippen LogP contribution in [-0.4, -0.2) is 57.6 Å². The van der Waals surface area contributed by atoms with Crippen molar-refractivity contribution in [3.8, 4) is 11.4 Å². The van der Waals surface area contributed by atoms with E-state index in [0.717, 1.165) is 44.3 Å². The molecule has 0 radical (unpaired) electrons. The van der Waals surface area contributed by atoms with E-state index in [-0.39, 0.29) is 36.8 Å². The van der Waals surface area contributed by atoms with Gasteiger partial charge in [-0.15, -0.1) is 24.8 Å². The minimum atomic E-state index is -0.634. The molecular formula is C20H29Cl2N5O2. The third kappa shape index (κ3) is 4.91. The fourth-order valence-electron chi connectivity index (χ4n) is 4.11. The molecule has 1 aliphatic heterocycles. The maximum Gasteiger partial charge on any atom is 0.244 e. The second-order valence-electron chi connectivity index (χ2n) is 7.69. The number of aromatic nitrogens is 2. The third-order valence-corrected chi connectivity index (χ3v) is 5.90. The van der Waals surface area contributed by atoms with Crippen LogP contribution < -0.4 is 5.73 Å². The molecule has 2 N–H and O–H groups in total. The predicted octanol–water partition coefficient (Wildman–Crippen LogP) is 3.06. The van der Waals surface area contributed by atoms with Crippen LogP contribution in [0.2, 0.25) is 0 Å². The average molecular weight is 442 g/mol. The van der Waals surface area contributed by atoms with Gasteiger partial charge in [-0.2, -0.15) is 4.98 Å². The van der Waals surface area contributed by atoms with E-state index in [4.69, 9.17) is 10.3 Å². The lowest BCUT2D eigenvalue weighted by Crippen LogP contribution is -2.58. The first kappa shape index (κ1) is 23.6. The molecular weight excluding hydrogens is 413 g/mol. The molecule has 9 heteroatoms. The van der Waals surface area contributed by atoms with Crippen molar-refractivity contribution in [3.05, 3.63) is 36.2 Å². The van der Waals surface area contributed by atoms with Crippen molar-refractivity contribution >= 4 is 30.7 Å². The molecule has 0 spiro atoms. The van der Waals surface area contributed by atoms with Crippen LogP contribution in [0.4, 0.5) is 0 Å². The highest BCUT2D eigenvalue weighted by atomic mass is 35.5. The van der Waals surface area contributed by atoms with Gasteiger partial charge < -0.3 is 15.2 Å². The Labute approximate surface area is 183 Å². The molecule has 1 unspecified atom stereocenters. The molecule has 1 saturated carbocycles. The van der Waals surface area contributed by atoms with Crippen molar-refractivity contribution in [3.63, 3.8) is 0 Å². The van der Waals surface area contributed by atoms with E-state index in [1.807, 2.05) is 35.2 Å². The van der Waals surface area contributed by atoms with Gasteiger partial charge in [-0.05, 0) is 19.8 Å². The first-order valence-corrected chi connectivity index (χ1v) is 9.78. The molecule has 2 aromatic rings. The van der Waals surface area contributed by atoms with Gasteiger partial charge in [0.1, 0.15) is 0 Å². The molecule has 1 aromatic carbocycles. The quantitative estimate of drug-likeness (QED) is 0.783. The number of nitrogens with zero attached hydrogens (tertiary/aromatic N) is 4. The average Bonchev–Trinajstić information content (AvgIpc) is 3.38. The zero-order valence-electron chi connectivity index (χ0n) is 16.6. The fourth-order valence-corrected chi connectivity index (χ4v) is 4.11. The molecule has 2 heterocycles. The lowest BCUT2D eigenvalue weighted by molar-refractivity contribution is -0.139. The molecule has 2 fully saturated rings. The third-order valence-electron chi connectivity index (χ3n) is 5.90. The maximum absolute atomic E-state index is 12.8. The van der Waals surface area contributed by atoms with E-state index in [1.54, 1.807) is 0 Å².